The first-order valence-electron chi connectivity index (χ1n) is 7.12. The number of halogens is 1. The van der Waals surface area contributed by atoms with Crippen molar-refractivity contribution in [3.8, 4) is 10.7 Å². The molecular formula is C15H12BrN3OS3. The van der Waals surface area contributed by atoms with Crippen LogP contribution in [0, 0.1) is 0 Å². The highest BCUT2D eigenvalue weighted by atomic mass is 79.9. The van der Waals surface area contributed by atoms with Crippen molar-refractivity contribution in [2.75, 3.05) is 5.75 Å². The number of rotatable bonds is 6. The lowest BCUT2D eigenvalue weighted by Crippen LogP contribution is -2.03. The van der Waals surface area contributed by atoms with Crippen LogP contribution < -0.4 is 0 Å². The first-order chi connectivity index (χ1) is 11.2. The summed E-state index contributed by atoms with van der Waals surface area (Å²) in [5, 5.41) is 11.6. The van der Waals surface area contributed by atoms with E-state index in [-0.39, 0.29) is 5.78 Å². The molecular weight excluding hydrogens is 414 g/mol. The Labute approximate surface area is 154 Å². The Balaban J connectivity index is 1.54. The Morgan fingerprint density at radius 3 is 2.87 bits per heavy atom. The molecule has 0 spiro atoms. The van der Waals surface area contributed by atoms with Crippen molar-refractivity contribution in [1.82, 2.24) is 14.8 Å². The van der Waals surface area contributed by atoms with Gasteiger partial charge < -0.3 is 0 Å². The summed E-state index contributed by atoms with van der Waals surface area (Å²) in [6.07, 6.45) is 2.32. The van der Waals surface area contributed by atoms with E-state index in [0.717, 1.165) is 37.4 Å². The van der Waals surface area contributed by atoms with E-state index in [2.05, 4.69) is 36.8 Å². The molecule has 4 nitrogen and oxygen atoms in total. The SMILES string of the molecule is O=C(CSc1nnc(-c2cccs2)n1C1CC1)c1ccc(Br)s1. The van der Waals surface area contributed by atoms with Gasteiger partial charge in [0.15, 0.2) is 16.8 Å². The second-order valence-corrected chi connectivity index (χ2v) is 9.55. The predicted molar refractivity (Wildman–Crippen MR) is 98.7 cm³/mol. The number of hydrogen-bond donors (Lipinski definition) is 0. The van der Waals surface area contributed by atoms with E-state index in [0.29, 0.717) is 11.8 Å². The van der Waals surface area contributed by atoms with Gasteiger partial charge >= 0.3 is 0 Å². The summed E-state index contributed by atoms with van der Waals surface area (Å²) < 4.78 is 3.18. The van der Waals surface area contributed by atoms with Crippen LogP contribution in [0.1, 0.15) is 28.6 Å². The molecule has 1 fully saturated rings. The van der Waals surface area contributed by atoms with Crippen molar-refractivity contribution in [2.45, 2.75) is 24.0 Å². The number of aromatic nitrogens is 3. The van der Waals surface area contributed by atoms with E-state index < -0.39 is 0 Å². The van der Waals surface area contributed by atoms with Gasteiger partial charge in [0.2, 0.25) is 0 Å². The van der Waals surface area contributed by atoms with Gasteiger partial charge in [0.05, 0.1) is 19.3 Å². The first-order valence-corrected chi connectivity index (χ1v) is 10.6. The van der Waals surface area contributed by atoms with Gasteiger partial charge in [-0.15, -0.1) is 32.9 Å². The standard InChI is InChI=1S/C15H12BrN3OS3/c16-13-6-5-11(23-13)10(20)8-22-15-18-17-14(12-2-1-7-21-12)19(15)9-3-4-9/h1-2,5-7,9H,3-4,8H2. The number of hydrogen-bond acceptors (Lipinski definition) is 6. The third kappa shape index (κ3) is 3.31. The molecule has 8 heteroatoms. The van der Waals surface area contributed by atoms with Gasteiger partial charge in [-0.2, -0.15) is 0 Å². The fourth-order valence-electron chi connectivity index (χ4n) is 2.28. The molecule has 0 amide bonds. The molecule has 1 aliphatic rings. The van der Waals surface area contributed by atoms with E-state index >= 15 is 0 Å². The molecule has 118 valence electrons. The average Bonchev–Trinajstić information content (AvgIpc) is 2.97. The molecule has 0 aliphatic heterocycles. The van der Waals surface area contributed by atoms with Crippen LogP contribution >= 0.6 is 50.4 Å². The average molecular weight is 426 g/mol. The van der Waals surface area contributed by atoms with Crippen LogP contribution in [0.4, 0.5) is 0 Å². The van der Waals surface area contributed by atoms with Gasteiger partial charge in [0.25, 0.3) is 0 Å². The molecule has 3 aromatic rings. The number of Topliss-reactive ketones (excluding diaryl/α,β-unsaturated/α-hetero) is 1. The molecule has 0 atom stereocenters. The van der Waals surface area contributed by atoms with Gasteiger partial charge in [-0.3, -0.25) is 9.36 Å². The van der Waals surface area contributed by atoms with Crippen molar-refractivity contribution < 1.29 is 4.79 Å². The molecule has 0 bridgehead atoms. The fraction of sp³-hybridized carbons (Fsp3) is 0.267. The zero-order chi connectivity index (χ0) is 15.8. The summed E-state index contributed by atoms with van der Waals surface area (Å²) in [5.41, 5.74) is 0. The topological polar surface area (TPSA) is 47.8 Å². The zero-order valence-corrected chi connectivity index (χ0v) is 16.0. The Morgan fingerprint density at radius 2 is 2.22 bits per heavy atom. The normalized spacial score (nSPS) is 14.3. The minimum Gasteiger partial charge on any atom is -0.298 e. The lowest BCUT2D eigenvalue weighted by Gasteiger charge is -2.07. The summed E-state index contributed by atoms with van der Waals surface area (Å²) in [6.45, 7) is 0. The number of thioether (sulfide) groups is 1. The fourth-order valence-corrected chi connectivity index (χ4v) is 5.29. The summed E-state index contributed by atoms with van der Waals surface area (Å²) in [4.78, 5) is 14.2. The van der Waals surface area contributed by atoms with Crippen molar-refractivity contribution in [3.63, 3.8) is 0 Å². The summed E-state index contributed by atoms with van der Waals surface area (Å²) in [7, 11) is 0. The van der Waals surface area contributed by atoms with Crippen LogP contribution in [0.5, 0.6) is 0 Å². The highest BCUT2D eigenvalue weighted by Crippen LogP contribution is 2.41. The highest BCUT2D eigenvalue weighted by Gasteiger charge is 2.30. The third-order valence-electron chi connectivity index (χ3n) is 3.50. The van der Waals surface area contributed by atoms with Crippen LogP contribution in [-0.2, 0) is 0 Å². The Morgan fingerprint density at radius 1 is 1.35 bits per heavy atom. The van der Waals surface area contributed by atoms with Crippen molar-refractivity contribution in [1.29, 1.82) is 0 Å². The monoisotopic (exact) mass is 425 g/mol. The van der Waals surface area contributed by atoms with Crippen molar-refractivity contribution in [3.05, 3.63) is 38.3 Å². The summed E-state index contributed by atoms with van der Waals surface area (Å²) in [5.74, 6) is 1.45. The van der Waals surface area contributed by atoms with E-state index in [1.807, 2.05) is 23.6 Å². The molecule has 3 aromatic heterocycles. The molecule has 1 saturated carbocycles. The minimum absolute atomic E-state index is 0.133. The molecule has 1 aliphatic carbocycles. The maximum atomic E-state index is 12.3. The Kier molecular flexibility index (Phi) is 4.40. The molecule has 4 rings (SSSR count). The summed E-state index contributed by atoms with van der Waals surface area (Å²) >= 11 is 8.02. The maximum Gasteiger partial charge on any atom is 0.192 e. The molecule has 0 saturated heterocycles. The van der Waals surface area contributed by atoms with Gasteiger partial charge in [-0.05, 0) is 52.4 Å². The lowest BCUT2D eigenvalue weighted by atomic mass is 10.4. The Hall–Kier alpha value is -0.960. The smallest absolute Gasteiger partial charge is 0.192 e. The quantitative estimate of drug-likeness (QED) is 0.405. The van der Waals surface area contributed by atoms with E-state index in [1.165, 1.54) is 23.1 Å². The largest absolute Gasteiger partial charge is 0.298 e. The van der Waals surface area contributed by atoms with Crippen LogP contribution in [-0.4, -0.2) is 26.3 Å². The third-order valence-corrected chi connectivity index (χ3v) is 6.97. The molecule has 0 N–H and O–H groups in total. The van der Waals surface area contributed by atoms with E-state index in [4.69, 9.17) is 0 Å². The lowest BCUT2D eigenvalue weighted by molar-refractivity contribution is 0.102. The summed E-state index contributed by atoms with van der Waals surface area (Å²) in [6, 6.07) is 8.34. The van der Waals surface area contributed by atoms with E-state index in [1.54, 1.807) is 11.3 Å². The van der Waals surface area contributed by atoms with Crippen LogP contribution in [0.15, 0.2) is 38.6 Å². The van der Waals surface area contributed by atoms with Crippen LogP contribution in [0.3, 0.4) is 0 Å². The first kappa shape index (κ1) is 15.6. The van der Waals surface area contributed by atoms with Crippen LogP contribution in [0.25, 0.3) is 10.7 Å². The second kappa shape index (κ2) is 6.51. The van der Waals surface area contributed by atoms with Gasteiger partial charge in [-0.1, -0.05) is 17.8 Å². The van der Waals surface area contributed by atoms with Crippen molar-refractivity contribution in [2.24, 2.45) is 0 Å². The highest BCUT2D eigenvalue weighted by molar-refractivity contribution is 9.11. The number of carbonyl (C=O) groups excluding carboxylic acids is 1. The van der Waals surface area contributed by atoms with E-state index in [9.17, 15) is 4.79 Å². The number of ketones is 1. The van der Waals surface area contributed by atoms with Crippen LogP contribution in [0.2, 0.25) is 0 Å². The zero-order valence-electron chi connectivity index (χ0n) is 11.9. The molecule has 3 heterocycles. The van der Waals surface area contributed by atoms with Crippen molar-refractivity contribution >= 4 is 56.1 Å². The molecule has 0 unspecified atom stereocenters. The minimum atomic E-state index is 0.133. The molecule has 0 aromatic carbocycles. The van der Waals surface area contributed by atoms with Gasteiger partial charge in [0, 0.05) is 6.04 Å². The predicted octanol–water partition coefficient (Wildman–Crippen LogP) is 5.14. The molecule has 23 heavy (non-hydrogen) atoms. The number of thiophene rings is 2. The maximum absolute atomic E-state index is 12.3. The molecule has 0 radical (unpaired) electrons. The number of nitrogens with zero attached hydrogens (tertiary/aromatic N) is 3. The second-order valence-electron chi connectivity index (χ2n) is 5.20. The van der Waals surface area contributed by atoms with Gasteiger partial charge in [-0.25, -0.2) is 0 Å². The number of carbonyl (C=O) groups is 1. The van der Waals surface area contributed by atoms with Gasteiger partial charge in [0.1, 0.15) is 0 Å². The Bertz CT molecular complexity index is 836.